The van der Waals surface area contributed by atoms with Crippen molar-refractivity contribution in [2.75, 3.05) is 18.5 Å². The molecule has 0 aliphatic heterocycles. The highest BCUT2D eigenvalue weighted by Gasteiger charge is 2.13. The summed E-state index contributed by atoms with van der Waals surface area (Å²) in [6, 6.07) is 3.42. The monoisotopic (exact) mass is 298 g/mol. The SMILES string of the molecule is CCCC(CCO)CNC(=O)c1ccc(NC(C)=O)s1. The van der Waals surface area contributed by atoms with Crippen LogP contribution in [-0.2, 0) is 4.79 Å². The largest absolute Gasteiger partial charge is 0.396 e. The maximum Gasteiger partial charge on any atom is 0.261 e. The van der Waals surface area contributed by atoms with Gasteiger partial charge in [0.05, 0.1) is 9.88 Å². The van der Waals surface area contributed by atoms with Crippen molar-refractivity contribution in [1.82, 2.24) is 5.32 Å². The van der Waals surface area contributed by atoms with Gasteiger partial charge in [-0.3, -0.25) is 9.59 Å². The van der Waals surface area contributed by atoms with Crippen LogP contribution < -0.4 is 10.6 Å². The van der Waals surface area contributed by atoms with E-state index in [0.717, 1.165) is 12.8 Å². The molecule has 0 aliphatic carbocycles. The fourth-order valence-corrected chi connectivity index (χ4v) is 2.83. The van der Waals surface area contributed by atoms with Crippen LogP contribution in [-0.4, -0.2) is 30.1 Å². The second-order valence-corrected chi connectivity index (χ2v) is 5.81. The lowest BCUT2D eigenvalue weighted by molar-refractivity contribution is -0.114. The molecule has 1 atom stereocenters. The summed E-state index contributed by atoms with van der Waals surface area (Å²) in [7, 11) is 0. The summed E-state index contributed by atoms with van der Waals surface area (Å²) in [5.41, 5.74) is 0. The van der Waals surface area contributed by atoms with E-state index in [4.69, 9.17) is 5.11 Å². The zero-order chi connectivity index (χ0) is 15.0. The molecule has 1 aromatic rings. The molecule has 0 fully saturated rings. The summed E-state index contributed by atoms with van der Waals surface area (Å²) in [4.78, 5) is 23.5. The summed E-state index contributed by atoms with van der Waals surface area (Å²) in [6.45, 7) is 4.24. The standard InChI is InChI=1S/C14H22N2O3S/c1-3-4-11(7-8-17)9-15-14(19)12-5-6-13(20-12)16-10(2)18/h5-6,11,17H,3-4,7-9H2,1-2H3,(H,15,19)(H,16,18). The first-order valence-electron chi connectivity index (χ1n) is 6.83. The van der Waals surface area contributed by atoms with Crippen molar-refractivity contribution in [3.05, 3.63) is 17.0 Å². The van der Waals surface area contributed by atoms with E-state index in [-0.39, 0.29) is 18.4 Å². The molecule has 3 N–H and O–H groups in total. The Hall–Kier alpha value is -1.40. The van der Waals surface area contributed by atoms with E-state index >= 15 is 0 Å². The third-order valence-electron chi connectivity index (χ3n) is 2.91. The Bertz CT molecular complexity index is 439. The highest BCUT2D eigenvalue weighted by atomic mass is 32.1. The molecule has 0 aromatic carbocycles. The lowest BCUT2D eigenvalue weighted by Gasteiger charge is -2.15. The van der Waals surface area contributed by atoms with Crippen LogP contribution in [0.5, 0.6) is 0 Å². The molecular weight excluding hydrogens is 276 g/mol. The van der Waals surface area contributed by atoms with Gasteiger partial charge in [0, 0.05) is 20.1 Å². The molecule has 1 heterocycles. The van der Waals surface area contributed by atoms with Crippen molar-refractivity contribution < 1.29 is 14.7 Å². The van der Waals surface area contributed by atoms with Crippen LogP contribution in [0.3, 0.4) is 0 Å². The third-order valence-corrected chi connectivity index (χ3v) is 3.91. The van der Waals surface area contributed by atoms with Crippen LogP contribution >= 0.6 is 11.3 Å². The predicted octanol–water partition coefficient (Wildman–Crippen LogP) is 2.24. The summed E-state index contributed by atoms with van der Waals surface area (Å²) in [5, 5.41) is 15.2. The summed E-state index contributed by atoms with van der Waals surface area (Å²) in [5.74, 6) is 0.0270. The number of aliphatic hydroxyl groups is 1. The minimum absolute atomic E-state index is 0.134. The second kappa shape index (κ2) is 8.71. The van der Waals surface area contributed by atoms with Crippen molar-refractivity contribution >= 4 is 28.2 Å². The van der Waals surface area contributed by atoms with Crippen molar-refractivity contribution in [3.8, 4) is 0 Å². The number of nitrogens with one attached hydrogen (secondary N) is 2. The second-order valence-electron chi connectivity index (χ2n) is 4.72. The third kappa shape index (κ3) is 5.71. The van der Waals surface area contributed by atoms with Gasteiger partial charge in [-0.05, 0) is 30.9 Å². The highest BCUT2D eigenvalue weighted by Crippen LogP contribution is 2.21. The molecule has 0 saturated carbocycles. The smallest absolute Gasteiger partial charge is 0.261 e. The Balaban J connectivity index is 2.49. The number of carbonyl (C=O) groups excluding carboxylic acids is 2. The summed E-state index contributed by atoms with van der Waals surface area (Å²) < 4.78 is 0. The van der Waals surface area contributed by atoms with Crippen LogP contribution in [0, 0.1) is 5.92 Å². The molecule has 1 unspecified atom stereocenters. The normalized spacial score (nSPS) is 11.9. The van der Waals surface area contributed by atoms with E-state index in [1.807, 2.05) is 0 Å². The Morgan fingerprint density at radius 3 is 2.70 bits per heavy atom. The predicted molar refractivity (Wildman–Crippen MR) is 81.1 cm³/mol. The Labute approximate surface area is 123 Å². The zero-order valence-electron chi connectivity index (χ0n) is 11.9. The molecule has 2 amide bonds. The van der Waals surface area contributed by atoms with Gasteiger partial charge in [-0.15, -0.1) is 11.3 Å². The van der Waals surface area contributed by atoms with E-state index in [9.17, 15) is 9.59 Å². The van der Waals surface area contributed by atoms with Crippen LogP contribution in [0.2, 0.25) is 0 Å². The van der Waals surface area contributed by atoms with Gasteiger partial charge in [-0.1, -0.05) is 13.3 Å². The fourth-order valence-electron chi connectivity index (χ4n) is 1.96. The molecule has 1 aromatic heterocycles. The molecule has 0 saturated heterocycles. The molecule has 112 valence electrons. The van der Waals surface area contributed by atoms with Gasteiger partial charge in [0.25, 0.3) is 5.91 Å². The maximum atomic E-state index is 12.0. The van der Waals surface area contributed by atoms with Gasteiger partial charge in [0.1, 0.15) is 0 Å². The van der Waals surface area contributed by atoms with Gasteiger partial charge >= 0.3 is 0 Å². The number of carbonyl (C=O) groups is 2. The quantitative estimate of drug-likeness (QED) is 0.688. The average Bonchev–Trinajstić information content (AvgIpc) is 2.83. The van der Waals surface area contributed by atoms with Crippen LogP contribution in [0.1, 0.15) is 42.8 Å². The topological polar surface area (TPSA) is 78.4 Å². The minimum Gasteiger partial charge on any atom is -0.396 e. The van der Waals surface area contributed by atoms with Gasteiger partial charge in [-0.25, -0.2) is 0 Å². The van der Waals surface area contributed by atoms with E-state index in [2.05, 4.69) is 17.6 Å². The minimum atomic E-state index is -0.148. The molecule has 0 spiro atoms. The molecule has 5 nitrogen and oxygen atoms in total. The molecule has 1 rings (SSSR count). The molecular formula is C14H22N2O3S. The van der Waals surface area contributed by atoms with Gasteiger partial charge in [0.15, 0.2) is 0 Å². The van der Waals surface area contributed by atoms with E-state index in [1.165, 1.54) is 18.3 Å². The zero-order valence-corrected chi connectivity index (χ0v) is 12.8. The van der Waals surface area contributed by atoms with Crippen molar-refractivity contribution in [1.29, 1.82) is 0 Å². The number of hydrogen-bond donors (Lipinski definition) is 3. The first-order chi connectivity index (χ1) is 9.56. The van der Waals surface area contributed by atoms with Gasteiger partial charge in [0.2, 0.25) is 5.91 Å². The fraction of sp³-hybridized carbons (Fsp3) is 0.571. The molecule has 0 bridgehead atoms. The first-order valence-corrected chi connectivity index (χ1v) is 7.65. The van der Waals surface area contributed by atoms with Crippen LogP contribution in [0.15, 0.2) is 12.1 Å². The van der Waals surface area contributed by atoms with Crippen LogP contribution in [0.25, 0.3) is 0 Å². The van der Waals surface area contributed by atoms with E-state index < -0.39 is 0 Å². The summed E-state index contributed by atoms with van der Waals surface area (Å²) >= 11 is 1.25. The lowest BCUT2D eigenvalue weighted by Crippen LogP contribution is -2.29. The highest BCUT2D eigenvalue weighted by molar-refractivity contribution is 7.18. The summed E-state index contributed by atoms with van der Waals surface area (Å²) in [6.07, 6.45) is 2.73. The van der Waals surface area contributed by atoms with Crippen molar-refractivity contribution in [2.45, 2.75) is 33.1 Å². The average molecular weight is 298 g/mol. The number of anilines is 1. The Morgan fingerprint density at radius 2 is 2.10 bits per heavy atom. The van der Waals surface area contributed by atoms with Crippen molar-refractivity contribution in [2.24, 2.45) is 5.92 Å². The number of hydrogen-bond acceptors (Lipinski definition) is 4. The number of aliphatic hydroxyl groups excluding tert-OH is 1. The van der Waals surface area contributed by atoms with Gasteiger partial charge in [-0.2, -0.15) is 0 Å². The van der Waals surface area contributed by atoms with Crippen molar-refractivity contribution in [3.63, 3.8) is 0 Å². The number of amides is 2. The van der Waals surface area contributed by atoms with Gasteiger partial charge < -0.3 is 15.7 Å². The first kappa shape index (κ1) is 16.7. The lowest BCUT2D eigenvalue weighted by atomic mass is 10.0. The molecule has 6 heteroatoms. The maximum absolute atomic E-state index is 12.0. The molecule has 0 aliphatic rings. The van der Waals surface area contributed by atoms with Crippen LogP contribution in [0.4, 0.5) is 5.00 Å². The Morgan fingerprint density at radius 1 is 1.35 bits per heavy atom. The molecule has 0 radical (unpaired) electrons. The Kier molecular flexibility index (Phi) is 7.25. The number of thiophene rings is 1. The molecule has 20 heavy (non-hydrogen) atoms. The number of rotatable bonds is 8. The van der Waals surface area contributed by atoms with E-state index in [0.29, 0.717) is 28.8 Å². The van der Waals surface area contributed by atoms with E-state index in [1.54, 1.807) is 12.1 Å².